The number of carbonyl (C=O) groups excluding carboxylic acids is 3. The summed E-state index contributed by atoms with van der Waals surface area (Å²) >= 11 is 3.15. The number of methoxy groups -OCH3 is 1. The smallest absolute Gasteiger partial charge is 0.417 e. The van der Waals surface area contributed by atoms with Gasteiger partial charge in [0.05, 0.1) is 4.48 Å². The van der Waals surface area contributed by atoms with Gasteiger partial charge in [-0.25, -0.2) is 9.69 Å². The van der Waals surface area contributed by atoms with E-state index >= 15 is 0 Å². The Morgan fingerprint density at radius 3 is 2.68 bits per heavy atom. The van der Waals surface area contributed by atoms with Gasteiger partial charge in [0.15, 0.2) is 23.8 Å². The van der Waals surface area contributed by atoms with Gasteiger partial charge in [-0.3, -0.25) is 9.59 Å². The molecule has 2 aliphatic rings. The molecule has 0 radical (unpaired) electrons. The number of carbonyl (C=O) groups is 3. The van der Waals surface area contributed by atoms with Crippen LogP contribution in [0, 0.1) is 0 Å². The largest absolute Gasteiger partial charge is 0.446 e. The summed E-state index contributed by atoms with van der Waals surface area (Å²) in [4.78, 5) is 39.2. The highest BCUT2D eigenvalue weighted by Gasteiger charge is 2.50. The number of hydrogen-bond acceptors (Lipinski definition) is 8. The topological polar surface area (TPSA) is 123 Å². The molecule has 1 saturated heterocycles. The minimum atomic E-state index is -1.87. The summed E-state index contributed by atoms with van der Waals surface area (Å²) in [5.41, 5.74) is 0.690. The standard InChI is InChI=1S/C21H24BrNO8/c1-29-18(17-15(25)11-16(22)21(28,31-17)9-5-6-10-24)19(26)23-14(12-30-20(23)27)13-7-3-2-4-8-13/h2-4,7-8,11,14,17-18,24,28H,5-6,9-10,12H2,1H3/t14-,17+,18+,21-/m0/s1. The molecule has 10 heteroatoms. The molecule has 4 atom stereocenters. The third-order valence-electron chi connectivity index (χ3n) is 5.24. The summed E-state index contributed by atoms with van der Waals surface area (Å²) in [6, 6.07) is 8.20. The number of cyclic esters (lactones) is 1. The Labute approximate surface area is 187 Å². The molecule has 2 N–H and O–H groups in total. The predicted octanol–water partition coefficient (Wildman–Crippen LogP) is 1.82. The lowest BCUT2D eigenvalue weighted by Gasteiger charge is -2.38. The van der Waals surface area contributed by atoms with Crippen LogP contribution in [0.2, 0.25) is 0 Å². The van der Waals surface area contributed by atoms with E-state index in [9.17, 15) is 19.5 Å². The van der Waals surface area contributed by atoms with Gasteiger partial charge in [0.25, 0.3) is 5.91 Å². The monoisotopic (exact) mass is 497 g/mol. The highest BCUT2D eigenvalue weighted by atomic mass is 79.9. The molecule has 1 aromatic carbocycles. The number of aliphatic hydroxyl groups excluding tert-OH is 1. The van der Waals surface area contributed by atoms with E-state index in [1.807, 2.05) is 6.07 Å². The van der Waals surface area contributed by atoms with Crippen LogP contribution in [0.4, 0.5) is 4.79 Å². The molecular formula is C21H24BrNO8. The molecule has 0 unspecified atom stereocenters. The van der Waals surface area contributed by atoms with E-state index in [1.165, 1.54) is 7.11 Å². The van der Waals surface area contributed by atoms with Crippen molar-refractivity contribution in [1.82, 2.24) is 4.90 Å². The maximum Gasteiger partial charge on any atom is 0.417 e. The van der Waals surface area contributed by atoms with Crippen molar-refractivity contribution in [2.24, 2.45) is 0 Å². The van der Waals surface area contributed by atoms with Crippen LogP contribution in [-0.2, 0) is 23.8 Å². The van der Waals surface area contributed by atoms with E-state index in [2.05, 4.69) is 15.9 Å². The lowest BCUT2D eigenvalue weighted by molar-refractivity contribution is -0.227. The van der Waals surface area contributed by atoms with E-state index < -0.39 is 41.8 Å². The number of benzene rings is 1. The highest BCUT2D eigenvalue weighted by Crippen LogP contribution is 2.37. The second-order valence-corrected chi connectivity index (χ2v) is 8.12. The van der Waals surface area contributed by atoms with Crippen molar-refractivity contribution in [2.75, 3.05) is 20.3 Å². The molecule has 0 spiro atoms. The van der Waals surface area contributed by atoms with Crippen molar-refractivity contribution in [2.45, 2.75) is 43.3 Å². The van der Waals surface area contributed by atoms with E-state index in [-0.39, 0.29) is 24.1 Å². The summed E-state index contributed by atoms with van der Waals surface area (Å²) in [5.74, 6) is -3.26. The molecule has 1 fully saturated rings. The quantitative estimate of drug-likeness (QED) is 0.521. The Kier molecular flexibility index (Phi) is 7.60. The van der Waals surface area contributed by atoms with Gasteiger partial charge in [-0.1, -0.05) is 30.3 Å². The fourth-order valence-corrected chi connectivity index (χ4v) is 4.10. The molecule has 0 saturated carbocycles. The first-order chi connectivity index (χ1) is 14.8. The number of imide groups is 1. The maximum atomic E-state index is 13.3. The molecule has 2 aliphatic heterocycles. The van der Waals surface area contributed by atoms with Gasteiger partial charge in [0, 0.05) is 20.1 Å². The lowest BCUT2D eigenvalue weighted by Crippen LogP contribution is -2.55. The number of rotatable bonds is 8. The first-order valence-electron chi connectivity index (χ1n) is 9.82. The van der Waals surface area contributed by atoms with Gasteiger partial charge in [0.1, 0.15) is 12.6 Å². The molecule has 2 heterocycles. The van der Waals surface area contributed by atoms with Crippen LogP contribution in [0.25, 0.3) is 0 Å². The summed E-state index contributed by atoms with van der Waals surface area (Å²) in [5, 5.41) is 19.9. The van der Waals surface area contributed by atoms with Gasteiger partial charge < -0.3 is 24.4 Å². The Bertz CT molecular complexity index is 860. The zero-order chi connectivity index (χ0) is 22.6. The average Bonchev–Trinajstić information content (AvgIpc) is 3.14. The number of hydrogen-bond donors (Lipinski definition) is 2. The number of ether oxygens (including phenoxy) is 3. The van der Waals surface area contributed by atoms with Gasteiger partial charge in [-0.15, -0.1) is 0 Å². The Morgan fingerprint density at radius 1 is 1.32 bits per heavy atom. The van der Waals surface area contributed by atoms with Crippen molar-refractivity contribution >= 4 is 33.7 Å². The highest BCUT2D eigenvalue weighted by molar-refractivity contribution is 9.11. The predicted molar refractivity (Wildman–Crippen MR) is 111 cm³/mol. The van der Waals surface area contributed by atoms with E-state index in [1.54, 1.807) is 24.3 Å². The minimum Gasteiger partial charge on any atom is -0.446 e. The zero-order valence-corrected chi connectivity index (χ0v) is 18.5. The second-order valence-electron chi connectivity index (χ2n) is 7.27. The molecule has 168 valence electrons. The Morgan fingerprint density at radius 2 is 2.03 bits per heavy atom. The summed E-state index contributed by atoms with van der Waals surface area (Å²) in [6.45, 7) is -0.0854. The number of nitrogens with zero attached hydrogens (tertiary/aromatic N) is 1. The summed E-state index contributed by atoms with van der Waals surface area (Å²) in [7, 11) is 1.22. The summed E-state index contributed by atoms with van der Waals surface area (Å²) < 4.78 is 16.1. The van der Waals surface area contributed by atoms with Gasteiger partial charge in [0.2, 0.25) is 0 Å². The third kappa shape index (κ3) is 4.88. The zero-order valence-electron chi connectivity index (χ0n) is 16.9. The Balaban J connectivity index is 1.85. The van der Waals surface area contributed by atoms with E-state index in [0.717, 1.165) is 11.0 Å². The SMILES string of the molecule is CO[C@@H](C(=O)N1C(=O)OC[C@H]1c1ccccc1)[C@@H]1O[C@@](O)(CCCCO)C(Br)=CC1=O. The first-order valence-corrected chi connectivity index (χ1v) is 10.6. The molecule has 3 rings (SSSR count). The van der Waals surface area contributed by atoms with Crippen molar-refractivity contribution in [3.63, 3.8) is 0 Å². The third-order valence-corrected chi connectivity index (χ3v) is 6.08. The van der Waals surface area contributed by atoms with Crippen LogP contribution >= 0.6 is 15.9 Å². The molecular weight excluding hydrogens is 474 g/mol. The molecule has 9 nitrogen and oxygen atoms in total. The van der Waals surface area contributed by atoms with Gasteiger partial charge in [-0.05, 0) is 40.4 Å². The fourth-order valence-electron chi connectivity index (χ4n) is 3.59. The van der Waals surface area contributed by atoms with Crippen molar-refractivity contribution < 1.29 is 38.8 Å². The van der Waals surface area contributed by atoms with Gasteiger partial charge in [-0.2, -0.15) is 0 Å². The molecule has 0 aliphatic carbocycles. The summed E-state index contributed by atoms with van der Waals surface area (Å²) in [6.07, 6.45) is -1.74. The maximum absolute atomic E-state index is 13.3. The number of halogens is 1. The Hall–Kier alpha value is -2.11. The lowest BCUT2D eigenvalue weighted by atomic mass is 9.98. The van der Waals surface area contributed by atoms with E-state index in [4.69, 9.17) is 19.3 Å². The van der Waals surface area contributed by atoms with Crippen LogP contribution in [0.1, 0.15) is 30.9 Å². The average molecular weight is 498 g/mol. The van der Waals surface area contributed by atoms with Crippen LogP contribution in [0.15, 0.2) is 40.9 Å². The van der Waals surface area contributed by atoms with Crippen LogP contribution in [-0.4, -0.2) is 71.2 Å². The number of unbranched alkanes of at least 4 members (excludes halogenated alkanes) is 1. The molecule has 0 aromatic heterocycles. The van der Waals surface area contributed by atoms with Crippen molar-refractivity contribution in [1.29, 1.82) is 0 Å². The number of aliphatic hydroxyl groups is 2. The first kappa shape index (κ1) is 23.6. The minimum absolute atomic E-state index is 0.0267. The van der Waals surface area contributed by atoms with Crippen LogP contribution < -0.4 is 0 Å². The second kappa shape index (κ2) is 10.0. The van der Waals surface area contributed by atoms with Crippen LogP contribution in [0.3, 0.4) is 0 Å². The van der Waals surface area contributed by atoms with Gasteiger partial charge >= 0.3 is 6.09 Å². The fraction of sp³-hybridized carbons (Fsp3) is 0.476. The van der Waals surface area contributed by atoms with E-state index in [0.29, 0.717) is 18.4 Å². The molecule has 1 aromatic rings. The molecule has 0 bridgehead atoms. The molecule has 2 amide bonds. The normalized spacial score (nSPS) is 27.1. The van der Waals surface area contributed by atoms with Crippen LogP contribution in [0.5, 0.6) is 0 Å². The number of ketones is 1. The number of amides is 2. The molecule has 31 heavy (non-hydrogen) atoms. The van der Waals surface area contributed by atoms with Crippen molar-refractivity contribution in [3.05, 3.63) is 46.5 Å². The van der Waals surface area contributed by atoms with Crippen molar-refractivity contribution in [3.8, 4) is 0 Å².